The summed E-state index contributed by atoms with van der Waals surface area (Å²) in [6, 6.07) is 15.9. The number of rotatable bonds is 6. The average molecular weight is 583 g/mol. The van der Waals surface area contributed by atoms with Crippen molar-refractivity contribution >= 4 is 75.4 Å². The van der Waals surface area contributed by atoms with E-state index in [-0.39, 0.29) is 18.1 Å². The number of hydrogen-bond donors (Lipinski definition) is 1. The first kappa shape index (κ1) is 25.8. The van der Waals surface area contributed by atoms with Crippen molar-refractivity contribution in [2.24, 2.45) is 5.92 Å². The van der Waals surface area contributed by atoms with Crippen LogP contribution in [0.1, 0.15) is 38.5 Å². The van der Waals surface area contributed by atoms with Crippen LogP contribution in [0.3, 0.4) is 0 Å². The molecule has 1 aliphatic heterocycles. The third-order valence-corrected chi connectivity index (χ3v) is 8.34. The molecule has 0 spiro atoms. The van der Waals surface area contributed by atoms with Gasteiger partial charge in [0.25, 0.3) is 0 Å². The van der Waals surface area contributed by atoms with Crippen LogP contribution in [-0.2, 0) is 24.3 Å². The molecule has 9 heteroatoms. The van der Waals surface area contributed by atoms with E-state index < -0.39 is 16.2 Å². The molecule has 1 saturated carbocycles. The Labute approximate surface area is 234 Å². The van der Waals surface area contributed by atoms with Crippen molar-refractivity contribution in [3.05, 3.63) is 97.5 Å². The minimum absolute atomic E-state index is 0.135. The maximum atomic E-state index is 13.1. The van der Waals surface area contributed by atoms with Crippen LogP contribution in [0.2, 0.25) is 15.1 Å². The predicted molar refractivity (Wildman–Crippen MR) is 147 cm³/mol. The number of benzene rings is 3. The van der Waals surface area contributed by atoms with E-state index in [1.54, 1.807) is 36.4 Å². The van der Waals surface area contributed by atoms with Crippen LogP contribution in [0.25, 0.3) is 0 Å². The van der Waals surface area contributed by atoms with Gasteiger partial charge in [0.2, 0.25) is 5.91 Å². The van der Waals surface area contributed by atoms with Crippen molar-refractivity contribution in [1.82, 2.24) is 4.90 Å². The van der Waals surface area contributed by atoms with Crippen LogP contribution in [0.4, 0.5) is 5.69 Å². The number of carbonyl (C=O) groups excluding carboxylic acids is 2. The number of anilines is 1. The lowest BCUT2D eigenvalue weighted by atomic mass is 9.99. The predicted octanol–water partition coefficient (Wildman–Crippen LogP) is 7.54. The molecule has 0 bridgehead atoms. The lowest BCUT2D eigenvalue weighted by molar-refractivity contribution is -0.117. The second kappa shape index (κ2) is 9.83. The summed E-state index contributed by atoms with van der Waals surface area (Å²) in [6.45, 7) is 1.78. The molecule has 3 aromatic carbocycles. The molecule has 2 unspecified atom stereocenters. The summed E-state index contributed by atoms with van der Waals surface area (Å²) >= 11 is 31.5. The molecule has 0 aromatic heterocycles. The minimum Gasteiger partial charge on any atom is -0.326 e. The first-order valence-corrected chi connectivity index (χ1v) is 13.2. The number of nitrogens with zero attached hydrogens (tertiary/aromatic N) is 1. The van der Waals surface area contributed by atoms with Gasteiger partial charge in [0.05, 0.1) is 10.9 Å². The molecule has 2 aliphatic rings. The van der Waals surface area contributed by atoms with E-state index in [0.717, 1.165) is 18.7 Å². The maximum Gasteiger partial charge on any atom is 0.231 e. The summed E-state index contributed by atoms with van der Waals surface area (Å²) in [5, 5.41) is 4.01. The second-order valence-electron chi connectivity index (χ2n) is 9.39. The quantitative estimate of drug-likeness (QED) is 0.241. The molecule has 5 rings (SSSR count). The van der Waals surface area contributed by atoms with Gasteiger partial charge in [0.15, 0.2) is 5.78 Å². The van der Waals surface area contributed by atoms with Gasteiger partial charge in [-0.05, 0) is 65.7 Å². The van der Waals surface area contributed by atoms with Gasteiger partial charge in [-0.15, -0.1) is 23.2 Å². The Kier molecular flexibility index (Phi) is 7.05. The van der Waals surface area contributed by atoms with Crippen LogP contribution in [0.5, 0.6) is 0 Å². The van der Waals surface area contributed by atoms with Gasteiger partial charge in [0.1, 0.15) is 4.33 Å². The van der Waals surface area contributed by atoms with Gasteiger partial charge in [-0.1, -0.05) is 53.0 Å². The first-order valence-electron chi connectivity index (χ1n) is 11.3. The molecule has 3 aromatic rings. The number of alkyl halides is 2. The summed E-state index contributed by atoms with van der Waals surface area (Å²) in [6.07, 6.45) is 0.209. The standard InChI is InChI=1S/C27H21Cl5N2O2/c1-34-12-15-3-2-14(6-17(15)13-34)7-23(35)21-11-20(4-5-22(21)30)33-26(36)25-24(27(25,31)32)16-8-18(28)10-19(29)9-16/h2-6,8-11,24-25H,7,12-13H2,1H3,(H,33,36). The summed E-state index contributed by atoms with van der Waals surface area (Å²) in [7, 11) is 2.07. The Bertz CT molecular complexity index is 1370. The highest BCUT2D eigenvalue weighted by Gasteiger charge is 2.67. The number of Topliss-reactive ketones (excluding diaryl/α,β-unsaturated/α-hetero) is 1. The number of hydrogen-bond acceptors (Lipinski definition) is 3. The van der Waals surface area contributed by atoms with Gasteiger partial charge in [-0.25, -0.2) is 0 Å². The fraction of sp³-hybridized carbons (Fsp3) is 0.259. The number of amides is 1. The zero-order chi connectivity index (χ0) is 25.8. The molecule has 0 radical (unpaired) electrons. The third kappa shape index (κ3) is 5.13. The molecule has 36 heavy (non-hydrogen) atoms. The molecule has 2 atom stereocenters. The lowest BCUT2D eigenvalue weighted by Gasteiger charge is -2.10. The Balaban J connectivity index is 1.31. The topological polar surface area (TPSA) is 49.4 Å². The molecular weight excluding hydrogens is 562 g/mol. The molecule has 1 amide bonds. The fourth-order valence-electron chi connectivity index (χ4n) is 4.87. The zero-order valence-electron chi connectivity index (χ0n) is 19.1. The highest BCUT2D eigenvalue weighted by atomic mass is 35.5. The van der Waals surface area contributed by atoms with Crippen LogP contribution in [0, 0.1) is 5.92 Å². The summed E-state index contributed by atoms with van der Waals surface area (Å²) in [5.74, 6) is -1.69. The van der Waals surface area contributed by atoms with Crippen molar-refractivity contribution in [3.63, 3.8) is 0 Å². The molecule has 1 fully saturated rings. The van der Waals surface area contributed by atoms with Crippen molar-refractivity contribution in [1.29, 1.82) is 0 Å². The van der Waals surface area contributed by atoms with Crippen molar-refractivity contribution in [3.8, 4) is 0 Å². The van der Waals surface area contributed by atoms with Crippen molar-refractivity contribution in [2.75, 3.05) is 12.4 Å². The number of carbonyl (C=O) groups is 2. The van der Waals surface area contributed by atoms with Gasteiger partial charge in [-0.2, -0.15) is 0 Å². The zero-order valence-corrected chi connectivity index (χ0v) is 22.9. The Morgan fingerprint density at radius 2 is 1.64 bits per heavy atom. The molecular formula is C27H21Cl5N2O2. The van der Waals surface area contributed by atoms with E-state index in [2.05, 4.69) is 29.4 Å². The van der Waals surface area contributed by atoms with Gasteiger partial charge in [0, 0.05) is 46.7 Å². The van der Waals surface area contributed by atoms with E-state index in [1.807, 2.05) is 6.07 Å². The van der Waals surface area contributed by atoms with Gasteiger partial charge in [-0.3, -0.25) is 14.5 Å². The van der Waals surface area contributed by atoms with Crippen molar-refractivity contribution < 1.29 is 9.59 Å². The lowest BCUT2D eigenvalue weighted by Crippen LogP contribution is -2.17. The molecule has 1 heterocycles. The number of fused-ring (bicyclic) bond motifs is 1. The van der Waals surface area contributed by atoms with Crippen LogP contribution in [-0.4, -0.2) is 28.0 Å². The van der Waals surface area contributed by atoms with E-state index in [0.29, 0.717) is 31.9 Å². The smallest absolute Gasteiger partial charge is 0.231 e. The van der Waals surface area contributed by atoms with Crippen LogP contribution < -0.4 is 5.32 Å². The van der Waals surface area contributed by atoms with Crippen LogP contribution >= 0.6 is 58.0 Å². The minimum atomic E-state index is -1.30. The monoisotopic (exact) mass is 580 g/mol. The van der Waals surface area contributed by atoms with Crippen LogP contribution in [0.15, 0.2) is 54.6 Å². The third-order valence-electron chi connectivity index (χ3n) is 6.63. The summed E-state index contributed by atoms with van der Waals surface area (Å²) in [5.41, 5.74) is 4.90. The Morgan fingerprint density at radius 3 is 2.36 bits per heavy atom. The van der Waals surface area contributed by atoms with Crippen molar-refractivity contribution in [2.45, 2.75) is 29.8 Å². The van der Waals surface area contributed by atoms with E-state index in [9.17, 15) is 9.59 Å². The molecule has 4 nitrogen and oxygen atoms in total. The van der Waals surface area contributed by atoms with Gasteiger partial charge >= 0.3 is 0 Å². The molecule has 0 saturated heterocycles. The van der Waals surface area contributed by atoms with E-state index in [1.165, 1.54) is 11.1 Å². The Hall–Kier alpha value is -1.79. The summed E-state index contributed by atoms with van der Waals surface area (Å²) < 4.78 is -1.30. The highest BCUT2D eigenvalue weighted by molar-refractivity contribution is 6.53. The molecule has 186 valence electrons. The van der Waals surface area contributed by atoms with E-state index in [4.69, 9.17) is 58.0 Å². The maximum absolute atomic E-state index is 13.1. The molecule has 1 N–H and O–H groups in total. The Morgan fingerprint density at radius 1 is 0.944 bits per heavy atom. The van der Waals surface area contributed by atoms with E-state index >= 15 is 0 Å². The van der Waals surface area contributed by atoms with Gasteiger partial charge < -0.3 is 5.32 Å². The fourth-order valence-corrected chi connectivity index (χ4v) is 6.46. The second-order valence-corrected chi connectivity index (χ2v) is 12.1. The highest BCUT2D eigenvalue weighted by Crippen LogP contribution is 2.65. The molecule has 1 aliphatic carbocycles. The summed E-state index contributed by atoms with van der Waals surface area (Å²) in [4.78, 5) is 28.4. The normalized spacial score (nSPS) is 20.2. The first-order chi connectivity index (χ1) is 17.0. The average Bonchev–Trinajstić information content (AvgIpc) is 3.18. The largest absolute Gasteiger partial charge is 0.326 e. The number of ketones is 1. The SMILES string of the molecule is CN1Cc2ccc(CC(=O)c3cc(NC(=O)C4C(c5cc(Cl)cc(Cl)c5)C4(Cl)Cl)ccc3Cl)cc2C1. The number of halogens is 5. The number of nitrogens with one attached hydrogen (secondary N) is 1.